The highest BCUT2D eigenvalue weighted by molar-refractivity contribution is 5.83. The zero-order valence-electron chi connectivity index (χ0n) is 9.58. The van der Waals surface area contributed by atoms with Crippen LogP contribution in [0.3, 0.4) is 0 Å². The van der Waals surface area contributed by atoms with Crippen LogP contribution in [0.25, 0.3) is 11.3 Å². The summed E-state index contributed by atoms with van der Waals surface area (Å²) in [6.07, 6.45) is 6.20. The number of hydrogen-bond donors (Lipinski definition) is 1. The summed E-state index contributed by atoms with van der Waals surface area (Å²) in [5.41, 5.74) is 0.785. The van der Waals surface area contributed by atoms with E-state index in [1.165, 1.54) is 0 Å². The molecule has 1 fully saturated rings. The summed E-state index contributed by atoms with van der Waals surface area (Å²) in [5, 5.41) is 9.23. The topological polar surface area (TPSA) is 76.0 Å². The van der Waals surface area contributed by atoms with E-state index in [1.807, 2.05) is 12.1 Å². The van der Waals surface area contributed by atoms with E-state index in [9.17, 15) is 9.90 Å². The second-order valence-corrected chi connectivity index (χ2v) is 4.39. The molecule has 0 amide bonds. The fourth-order valence-electron chi connectivity index (χ4n) is 1.93. The van der Waals surface area contributed by atoms with E-state index in [4.69, 9.17) is 0 Å². The number of carboxylic acids is 1. The molecule has 0 bridgehead atoms. The summed E-state index contributed by atoms with van der Waals surface area (Å²) < 4.78 is 0. The lowest BCUT2D eigenvalue weighted by atomic mass is 10.1. The first-order valence-electron chi connectivity index (χ1n) is 5.70. The van der Waals surface area contributed by atoms with Gasteiger partial charge in [-0.15, -0.1) is 0 Å². The lowest BCUT2D eigenvalue weighted by Gasteiger charge is -2.09. The lowest BCUT2D eigenvalue weighted by Crippen LogP contribution is -2.22. The van der Waals surface area contributed by atoms with Gasteiger partial charge in [-0.3, -0.25) is 9.78 Å². The van der Waals surface area contributed by atoms with Crippen LogP contribution in [0.2, 0.25) is 0 Å². The summed E-state index contributed by atoms with van der Waals surface area (Å²) in [6.45, 7) is 0. The predicted octanol–water partition coefficient (Wildman–Crippen LogP) is 1.65. The SMILES string of the molecule is O=C(O)C1(c2nccc(-c3ccncc3)n2)CC1. The standard InChI is InChI=1S/C13H11N3O2/c17-12(18)13(4-5-13)11-15-8-3-10(16-11)9-1-6-14-7-2-9/h1-3,6-8H,4-5H2,(H,17,18). The van der Waals surface area contributed by atoms with E-state index in [0.717, 1.165) is 11.3 Å². The van der Waals surface area contributed by atoms with Crippen molar-refractivity contribution >= 4 is 5.97 Å². The van der Waals surface area contributed by atoms with Gasteiger partial charge in [0.25, 0.3) is 0 Å². The Morgan fingerprint density at radius 1 is 1.17 bits per heavy atom. The van der Waals surface area contributed by atoms with E-state index in [1.54, 1.807) is 24.7 Å². The van der Waals surface area contributed by atoms with Gasteiger partial charge in [-0.2, -0.15) is 0 Å². The van der Waals surface area contributed by atoms with E-state index in [2.05, 4.69) is 15.0 Å². The second-order valence-electron chi connectivity index (χ2n) is 4.39. The predicted molar refractivity (Wildman–Crippen MR) is 63.8 cm³/mol. The summed E-state index contributed by atoms with van der Waals surface area (Å²) in [7, 11) is 0. The van der Waals surface area contributed by atoms with Crippen LogP contribution in [0.15, 0.2) is 36.8 Å². The van der Waals surface area contributed by atoms with Crippen LogP contribution in [-0.4, -0.2) is 26.0 Å². The zero-order valence-corrected chi connectivity index (χ0v) is 9.58. The number of carbonyl (C=O) groups is 1. The second kappa shape index (κ2) is 3.87. The maximum Gasteiger partial charge on any atom is 0.317 e. The molecule has 1 aliphatic carbocycles. The quantitative estimate of drug-likeness (QED) is 0.884. The van der Waals surface area contributed by atoms with Crippen molar-refractivity contribution in [2.75, 3.05) is 0 Å². The van der Waals surface area contributed by atoms with Gasteiger partial charge in [0.15, 0.2) is 0 Å². The number of aliphatic carboxylic acids is 1. The normalized spacial score (nSPS) is 16.2. The fraction of sp³-hybridized carbons (Fsp3) is 0.231. The van der Waals surface area contributed by atoms with Gasteiger partial charge in [0.2, 0.25) is 0 Å². The van der Waals surface area contributed by atoms with Crippen LogP contribution in [0.5, 0.6) is 0 Å². The molecule has 0 spiro atoms. The molecule has 0 unspecified atom stereocenters. The summed E-state index contributed by atoms with van der Waals surface area (Å²) in [6, 6.07) is 5.45. The van der Waals surface area contributed by atoms with Gasteiger partial charge >= 0.3 is 5.97 Å². The number of aromatic nitrogens is 3. The lowest BCUT2D eigenvalue weighted by molar-refractivity contribution is -0.140. The third-order valence-electron chi connectivity index (χ3n) is 3.22. The van der Waals surface area contributed by atoms with Crippen molar-refractivity contribution in [1.82, 2.24) is 15.0 Å². The van der Waals surface area contributed by atoms with Crippen molar-refractivity contribution < 1.29 is 9.90 Å². The minimum atomic E-state index is -0.858. The van der Waals surface area contributed by atoms with Crippen LogP contribution in [0, 0.1) is 0 Å². The van der Waals surface area contributed by atoms with Crippen molar-refractivity contribution in [3.05, 3.63) is 42.6 Å². The molecule has 0 atom stereocenters. The Bertz CT molecular complexity index is 594. The molecule has 2 heterocycles. The van der Waals surface area contributed by atoms with Crippen molar-refractivity contribution in [3.8, 4) is 11.3 Å². The number of rotatable bonds is 3. The Labute approximate surface area is 104 Å². The number of carboxylic acid groups (broad SMARTS) is 1. The average Bonchev–Trinajstić information content (AvgIpc) is 3.21. The molecule has 1 saturated carbocycles. The van der Waals surface area contributed by atoms with Gasteiger partial charge in [0.1, 0.15) is 11.2 Å². The molecule has 2 aromatic heterocycles. The molecule has 2 aromatic rings. The van der Waals surface area contributed by atoms with Crippen molar-refractivity contribution in [2.45, 2.75) is 18.3 Å². The molecule has 5 heteroatoms. The van der Waals surface area contributed by atoms with Crippen LogP contribution < -0.4 is 0 Å². The van der Waals surface area contributed by atoms with Crippen LogP contribution in [0.1, 0.15) is 18.7 Å². The number of nitrogens with zero attached hydrogens (tertiary/aromatic N) is 3. The number of pyridine rings is 1. The average molecular weight is 241 g/mol. The summed E-state index contributed by atoms with van der Waals surface area (Å²) >= 11 is 0. The molecule has 0 aliphatic heterocycles. The molecule has 1 N–H and O–H groups in total. The fourth-order valence-corrected chi connectivity index (χ4v) is 1.93. The Morgan fingerprint density at radius 3 is 2.50 bits per heavy atom. The molecular weight excluding hydrogens is 230 g/mol. The van der Waals surface area contributed by atoms with E-state index in [0.29, 0.717) is 18.7 Å². The molecule has 1 aliphatic rings. The van der Waals surface area contributed by atoms with Gasteiger partial charge in [0.05, 0.1) is 5.69 Å². The highest BCUT2D eigenvalue weighted by Gasteiger charge is 2.54. The van der Waals surface area contributed by atoms with Gasteiger partial charge < -0.3 is 5.11 Å². The van der Waals surface area contributed by atoms with E-state index in [-0.39, 0.29) is 0 Å². The molecule has 90 valence electrons. The van der Waals surface area contributed by atoms with Gasteiger partial charge in [-0.05, 0) is 31.0 Å². The molecule has 0 aromatic carbocycles. The minimum Gasteiger partial charge on any atom is -0.480 e. The largest absolute Gasteiger partial charge is 0.480 e. The van der Waals surface area contributed by atoms with Gasteiger partial charge in [-0.25, -0.2) is 9.97 Å². The highest BCUT2D eigenvalue weighted by Crippen LogP contribution is 2.46. The molecule has 3 rings (SSSR count). The van der Waals surface area contributed by atoms with Gasteiger partial charge in [-0.1, -0.05) is 0 Å². The van der Waals surface area contributed by atoms with Crippen LogP contribution in [0.4, 0.5) is 0 Å². The first-order chi connectivity index (χ1) is 8.72. The Morgan fingerprint density at radius 2 is 1.89 bits per heavy atom. The van der Waals surface area contributed by atoms with Crippen LogP contribution >= 0.6 is 0 Å². The summed E-state index contributed by atoms with van der Waals surface area (Å²) in [4.78, 5) is 23.7. The van der Waals surface area contributed by atoms with Crippen molar-refractivity contribution in [1.29, 1.82) is 0 Å². The maximum absolute atomic E-state index is 11.2. The molecule has 0 radical (unpaired) electrons. The van der Waals surface area contributed by atoms with Gasteiger partial charge in [0, 0.05) is 24.2 Å². The molecule has 0 saturated heterocycles. The smallest absolute Gasteiger partial charge is 0.317 e. The third-order valence-corrected chi connectivity index (χ3v) is 3.22. The maximum atomic E-state index is 11.2. The Kier molecular flexibility index (Phi) is 2.33. The van der Waals surface area contributed by atoms with E-state index >= 15 is 0 Å². The molecule has 5 nitrogen and oxygen atoms in total. The Balaban J connectivity index is 2.03. The van der Waals surface area contributed by atoms with Crippen molar-refractivity contribution in [2.24, 2.45) is 0 Å². The Hall–Kier alpha value is -2.30. The highest BCUT2D eigenvalue weighted by atomic mass is 16.4. The van der Waals surface area contributed by atoms with Crippen LogP contribution in [-0.2, 0) is 10.2 Å². The first kappa shape index (κ1) is 10.8. The third kappa shape index (κ3) is 1.64. The molecule has 18 heavy (non-hydrogen) atoms. The summed E-state index contributed by atoms with van der Waals surface area (Å²) in [5.74, 6) is -0.432. The monoisotopic (exact) mass is 241 g/mol. The zero-order chi connectivity index (χ0) is 12.6. The first-order valence-corrected chi connectivity index (χ1v) is 5.70. The van der Waals surface area contributed by atoms with E-state index < -0.39 is 11.4 Å². The molecular formula is C13H11N3O2. The minimum absolute atomic E-state index is 0.407. The van der Waals surface area contributed by atoms with Crippen molar-refractivity contribution in [3.63, 3.8) is 0 Å². The number of hydrogen-bond acceptors (Lipinski definition) is 4.